The van der Waals surface area contributed by atoms with E-state index in [0.29, 0.717) is 30.1 Å². The Labute approximate surface area is 210 Å². The number of fused-ring (bicyclic) bond motifs is 1. The topological polar surface area (TPSA) is 103 Å². The molecular formula is C25H27FN2O5S2. The van der Waals surface area contributed by atoms with E-state index in [1.807, 2.05) is 24.0 Å². The third-order valence-corrected chi connectivity index (χ3v) is 8.73. The zero-order chi connectivity index (χ0) is 24.7. The maximum absolute atomic E-state index is 14.2. The average molecular weight is 519 g/mol. The number of halogens is 1. The highest BCUT2D eigenvalue weighted by molar-refractivity contribution is 7.12. The molecule has 10 heteroatoms. The van der Waals surface area contributed by atoms with Gasteiger partial charge in [-0.15, -0.1) is 22.7 Å². The summed E-state index contributed by atoms with van der Waals surface area (Å²) in [7, 11) is 0. The molecule has 5 atom stereocenters. The van der Waals surface area contributed by atoms with Crippen LogP contribution in [0, 0.1) is 6.92 Å². The summed E-state index contributed by atoms with van der Waals surface area (Å²) >= 11 is 3.09. The number of hydrogen-bond acceptors (Lipinski definition) is 8. The van der Waals surface area contributed by atoms with Crippen molar-refractivity contribution in [2.24, 2.45) is 0 Å². The summed E-state index contributed by atoms with van der Waals surface area (Å²) < 4.78 is 19.8. The van der Waals surface area contributed by atoms with Crippen LogP contribution in [-0.2, 0) is 24.1 Å². The number of aromatic nitrogens is 1. The molecule has 7 nitrogen and oxygen atoms in total. The molecule has 1 amide bonds. The van der Waals surface area contributed by atoms with Gasteiger partial charge >= 0.3 is 0 Å². The van der Waals surface area contributed by atoms with Crippen molar-refractivity contribution in [1.29, 1.82) is 0 Å². The van der Waals surface area contributed by atoms with Crippen molar-refractivity contribution in [3.05, 3.63) is 72.9 Å². The van der Waals surface area contributed by atoms with Gasteiger partial charge in [0.2, 0.25) is 0 Å². The number of hydrogen-bond donors (Lipinski definition) is 3. The number of aliphatic hydroxyl groups excluding tert-OH is 3. The molecule has 2 aliphatic rings. The quantitative estimate of drug-likeness (QED) is 0.480. The van der Waals surface area contributed by atoms with Crippen molar-refractivity contribution < 1.29 is 29.2 Å². The maximum Gasteiger partial charge on any atom is 0.283 e. The summed E-state index contributed by atoms with van der Waals surface area (Å²) in [5, 5.41) is 32.3. The molecule has 1 saturated heterocycles. The standard InChI is InChI=1S/C25H27FN2O5S2/c1-13-2-3-14(23-22(31)21(30)20(26)18(12-29)33-23)8-15(13)9-17-10-16-11-28(6-4-19(16)35-17)25(32)24-27-5-7-34-24/h2-3,5,7-8,10,18,20-23,29-31H,4,6,9,11-12H2,1H3/t18-,20-,21+,22-,23+/m1/s1. The van der Waals surface area contributed by atoms with Gasteiger partial charge in [0.05, 0.1) is 6.61 Å². The minimum absolute atomic E-state index is 0.0353. The molecule has 5 rings (SSSR count). The molecular weight excluding hydrogens is 491 g/mol. The van der Waals surface area contributed by atoms with Gasteiger partial charge in [0, 0.05) is 40.8 Å². The molecule has 3 N–H and O–H groups in total. The van der Waals surface area contributed by atoms with Crippen LogP contribution in [0.4, 0.5) is 4.39 Å². The summed E-state index contributed by atoms with van der Waals surface area (Å²) in [5.41, 5.74) is 3.88. The van der Waals surface area contributed by atoms with E-state index in [1.54, 1.807) is 29.0 Å². The van der Waals surface area contributed by atoms with Gasteiger partial charge in [-0.2, -0.15) is 0 Å². The van der Waals surface area contributed by atoms with Crippen molar-refractivity contribution >= 4 is 28.6 Å². The molecule has 0 saturated carbocycles. The first-order chi connectivity index (χ1) is 16.9. The summed E-state index contributed by atoms with van der Waals surface area (Å²) in [6.45, 7) is 2.65. The molecule has 1 aromatic carbocycles. The Bertz CT molecular complexity index is 1200. The Kier molecular flexibility index (Phi) is 7.02. The summed E-state index contributed by atoms with van der Waals surface area (Å²) in [6, 6.07) is 7.79. The largest absolute Gasteiger partial charge is 0.394 e. The van der Waals surface area contributed by atoms with Gasteiger partial charge in [0.15, 0.2) is 11.2 Å². The number of carbonyl (C=O) groups is 1. The number of nitrogens with zero attached hydrogens (tertiary/aromatic N) is 2. The SMILES string of the molecule is Cc1ccc([C@@H]2O[C@H](CO)[C@@H](F)[C@H](O)[C@H]2O)cc1Cc1cc2c(s1)CCN(C(=O)c1nccs1)C2. The molecule has 0 unspecified atom stereocenters. The average Bonchev–Trinajstić information content (AvgIpc) is 3.53. The number of amides is 1. The fourth-order valence-corrected chi connectivity index (χ4v) is 6.51. The lowest BCUT2D eigenvalue weighted by molar-refractivity contribution is -0.214. The highest BCUT2D eigenvalue weighted by Crippen LogP contribution is 2.36. The van der Waals surface area contributed by atoms with Crippen LogP contribution in [0.5, 0.6) is 0 Å². The Morgan fingerprint density at radius 1 is 1.29 bits per heavy atom. The lowest BCUT2D eigenvalue weighted by Crippen LogP contribution is -2.53. The summed E-state index contributed by atoms with van der Waals surface area (Å²) in [6.07, 6.45) is -3.92. The van der Waals surface area contributed by atoms with Crippen LogP contribution < -0.4 is 0 Å². The number of rotatable bonds is 5. The lowest BCUT2D eigenvalue weighted by atomic mass is 9.90. The second kappa shape index (κ2) is 10.0. The highest BCUT2D eigenvalue weighted by Gasteiger charge is 2.45. The van der Waals surface area contributed by atoms with Crippen LogP contribution in [0.15, 0.2) is 35.8 Å². The first-order valence-corrected chi connectivity index (χ1v) is 13.2. The van der Waals surface area contributed by atoms with Crippen LogP contribution in [0.3, 0.4) is 0 Å². The zero-order valence-electron chi connectivity index (χ0n) is 19.1. The summed E-state index contributed by atoms with van der Waals surface area (Å²) in [5.74, 6) is -0.0353. The Morgan fingerprint density at radius 2 is 2.11 bits per heavy atom. The van der Waals surface area contributed by atoms with Crippen LogP contribution in [-0.4, -0.2) is 68.7 Å². The fraction of sp³-hybridized carbons (Fsp3) is 0.440. The molecule has 3 aromatic rings. The number of thiophene rings is 1. The number of benzene rings is 1. The number of thiazole rings is 1. The fourth-order valence-electron chi connectivity index (χ4n) is 4.72. The zero-order valence-corrected chi connectivity index (χ0v) is 20.8. The number of aliphatic hydroxyl groups is 3. The van der Waals surface area contributed by atoms with Gasteiger partial charge < -0.3 is 25.0 Å². The van der Waals surface area contributed by atoms with Crippen molar-refractivity contribution in [2.45, 2.75) is 56.9 Å². The van der Waals surface area contributed by atoms with Crippen molar-refractivity contribution in [3.63, 3.8) is 0 Å². The van der Waals surface area contributed by atoms with E-state index in [4.69, 9.17) is 4.74 Å². The van der Waals surface area contributed by atoms with Crippen molar-refractivity contribution in [1.82, 2.24) is 9.88 Å². The predicted octanol–water partition coefficient (Wildman–Crippen LogP) is 2.79. The Morgan fingerprint density at radius 3 is 2.86 bits per heavy atom. The highest BCUT2D eigenvalue weighted by atomic mass is 32.1. The van der Waals surface area contributed by atoms with Gasteiger partial charge in [0.25, 0.3) is 5.91 Å². The van der Waals surface area contributed by atoms with Crippen LogP contribution in [0.2, 0.25) is 0 Å². The molecule has 2 aliphatic heterocycles. The normalized spacial score (nSPS) is 26.5. The van der Waals surface area contributed by atoms with Crippen molar-refractivity contribution in [2.75, 3.05) is 13.2 Å². The number of ether oxygens (including phenoxy) is 1. The lowest BCUT2D eigenvalue weighted by Gasteiger charge is -2.39. The van der Waals surface area contributed by atoms with Gasteiger partial charge in [-0.3, -0.25) is 4.79 Å². The number of alkyl halides is 1. The molecule has 0 bridgehead atoms. The third kappa shape index (κ3) is 4.78. The molecule has 186 valence electrons. The predicted molar refractivity (Wildman–Crippen MR) is 130 cm³/mol. The molecule has 4 heterocycles. The van der Waals surface area contributed by atoms with E-state index in [1.165, 1.54) is 21.1 Å². The van der Waals surface area contributed by atoms with E-state index in [-0.39, 0.29) is 5.91 Å². The molecule has 0 radical (unpaired) electrons. The minimum Gasteiger partial charge on any atom is -0.394 e. The first-order valence-electron chi connectivity index (χ1n) is 11.5. The smallest absolute Gasteiger partial charge is 0.283 e. The van der Waals surface area contributed by atoms with E-state index in [2.05, 4.69) is 11.1 Å². The van der Waals surface area contributed by atoms with Crippen LogP contribution in [0.1, 0.15) is 47.9 Å². The van der Waals surface area contributed by atoms with Gasteiger partial charge in [-0.1, -0.05) is 18.2 Å². The Hall–Kier alpha value is -2.21. The molecule has 2 aromatic heterocycles. The minimum atomic E-state index is -1.85. The monoisotopic (exact) mass is 518 g/mol. The first kappa shape index (κ1) is 24.5. The number of aryl methyl sites for hydroxylation is 1. The van der Waals surface area contributed by atoms with E-state index < -0.39 is 37.2 Å². The van der Waals surface area contributed by atoms with E-state index in [0.717, 1.165) is 23.1 Å². The summed E-state index contributed by atoms with van der Waals surface area (Å²) in [4.78, 5) is 21.1. The second-order valence-corrected chi connectivity index (χ2v) is 11.2. The third-order valence-electron chi connectivity index (χ3n) is 6.73. The second-order valence-electron chi connectivity index (χ2n) is 9.04. The van der Waals surface area contributed by atoms with E-state index >= 15 is 0 Å². The maximum atomic E-state index is 14.2. The molecule has 1 fully saturated rings. The van der Waals surface area contributed by atoms with Crippen LogP contribution >= 0.6 is 22.7 Å². The van der Waals surface area contributed by atoms with Crippen molar-refractivity contribution in [3.8, 4) is 0 Å². The molecule has 35 heavy (non-hydrogen) atoms. The van der Waals surface area contributed by atoms with Gasteiger partial charge in [0.1, 0.15) is 24.4 Å². The number of carbonyl (C=O) groups excluding carboxylic acids is 1. The van der Waals surface area contributed by atoms with Crippen LogP contribution in [0.25, 0.3) is 0 Å². The molecule has 0 aliphatic carbocycles. The van der Waals surface area contributed by atoms with Gasteiger partial charge in [-0.05, 0) is 41.7 Å². The van der Waals surface area contributed by atoms with E-state index in [9.17, 15) is 24.5 Å². The Balaban J connectivity index is 1.34. The van der Waals surface area contributed by atoms with Gasteiger partial charge in [-0.25, -0.2) is 9.37 Å². The molecule has 0 spiro atoms.